The molecule has 0 heterocycles. The molecule has 0 amide bonds. The monoisotopic (exact) mass is 610 g/mol. The van der Waals surface area contributed by atoms with Gasteiger partial charge in [0.05, 0.1) is 11.1 Å². The number of Topliss-reactive ketones (excluding diaryl/α,β-unsaturated/α-hetero) is 3. The molecule has 236 valence electrons. The summed E-state index contributed by atoms with van der Waals surface area (Å²) >= 11 is 0. The molecule has 7 nitrogen and oxygen atoms in total. The molecule has 4 atom stereocenters. The lowest BCUT2D eigenvalue weighted by Crippen LogP contribution is -2.70. The average molecular weight is 611 g/mol. The number of aromatic hydroxyl groups is 1. The molecule has 5 rings (SSSR count). The number of phenolic OH excluding ortho intramolecular Hbond substituents is 1. The quantitative estimate of drug-likeness (QED) is 0.191. The molecule has 0 aliphatic heterocycles. The van der Waals surface area contributed by atoms with Crippen molar-refractivity contribution in [2.24, 2.45) is 28.6 Å². The zero-order valence-corrected chi connectivity index (χ0v) is 27.2. The smallest absolute Gasteiger partial charge is 0.206 e. The van der Waals surface area contributed by atoms with Crippen LogP contribution < -0.4 is 0 Å². The number of phenols is 1. The number of aliphatic hydroxyl groups is 2. The summed E-state index contributed by atoms with van der Waals surface area (Å²) < 4.78 is 0. The van der Waals surface area contributed by atoms with Gasteiger partial charge in [0, 0.05) is 22.3 Å². The van der Waals surface area contributed by atoms with Gasteiger partial charge in [-0.3, -0.25) is 19.2 Å². The molecule has 0 radical (unpaired) electrons. The average Bonchev–Trinajstić information content (AvgIpc) is 2.93. The van der Waals surface area contributed by atoms with Gasteiger partial charge in [-0.15, -0.1) is 0 Å². The van der Waals surface area contributed by atoms with Gasteiger partial charge in [0.15, 0.2) is 17.2 Å². The highest BCUT2D eigenvalue weighted by Gasteiger charge is 2.72. The maximum absolute atomic E-state index is 14.5. The lowest BCUT2D eigenvalue weighted by Gasteiger charge is -2.60. The van der Waals surface area contributed by atoms with E-state index in [2.05, 4.69) is 0 Å². The van der Waals surface area contributed by atoms with Gasteiger partial charge < -0.3 is 15.3 Å². The van der Waals surface area contributed by atoms with E-state index in [0.717, 1.165) is 16.7 Å². The molecule has 2 aromatic carbocycles. The summed E-state index contributed by atoms with van der Waals surface area (Å²) in [7, 11) is 0. The first-order valence-corrected chi connectivity index (χ1v) is 15.6. The van der Waals surface area contributed by atoms with Gasteiger partial charge >= 0.3 is 0 Å². The third-order valence-electron chi connectivity index (χ3n) is 10.4. The van der Waals surface area contributed by atoms with E-state index in [1.54, 1.807) is 32.1 Å². The lowest BCUT2D eigenvalue weighted by molar-refractivity contribution is -0.180. The van der Waals surface area contributed by atoms with Crippen LogP contribution in [0.2, 0.25) is 0 Å². The van der Waals surface area contributed by atoms with Crippen LogP contribution in [0.3, 0.4) is 0 Å². The van der Waals surface area contributed by atoms with Crippen LogP contribution in [0.5, 0.6) is 5.75 Å². The standard InChI is InChI=1S/C38H42O7/c1-19(2)27(40)15-11-23-9-12-24(13-10-23)25-14-16-28(41)30-26(25)17-36(7)18-37(8)31(20(3)4)21(5)29(22(6)39)34(43)38(37,45)35(44)32(36)33(30)42/h9-16,19-20,31,41-42,45H,17-18H2,1-8H3/b15-11+/t31-,36+,37+,38-/m1/s1. The van der Waals surface area contributed by atoms with Crippen molar-refractivity contribution in [1.82, 2.24) is 0 Å². The Bertz CT molecular complexity index is 1750. The number of fused-ring (bicyclic) bond motifs is 3. The van der Waals surface area contributed by atoms with Crippen LogP contribution in [0, 0.1) is 28.6 Å². The number of benzene rings is 2. The van der Waals surface area contributed by atoms with Crippen LogP contribution in [0.4, 0.5) is 0 Å². The summed E-state index contributed by atoms with van der Waals surface area (Å²) in [6, 6.07) is 10.8. The first-order valence-electron chi connectivity index (χ1n) is 15.6. The minimum Gasteiger partial charge on any atom is -0.507 e. The summed E-state index contributed by atoms with van der Waals surface area (Å²) in [4.78, 5) is 53.3. The van der Waals surface area contributed by atoms with Crippen molar-refractivity contribution < 1.29 is 34.5 Å². The van der Waals surface area contributed by atoms with Gasteiger partial charge in [-0.25, -0.2) is 0 Å². The van der Waals surface area contributed by atoms with Crippen LogP contribution in [0.15, 0.2) is 59.2 Å². The number of carbonyl (C=O) groups excluding carboxylic acids is 4. The number of allylic oxidation sites excluding steroid dienone is 2. The topological polar surface area (TPSA) is 129 Å². The predicted molar refractivity (Wildman–Crippen MR) is 173 cm³/mol. The van der Waals surface area contributed by atoms with E-state index in [0.29, 0.717) is 11.1 Å². The van der Waals surface area contributed by atoms with Crippen molar-refractivity contribution in [3.8, 4) is 16.9 Å². The van der Waals surface area contributed by atoms with Crippen LogP contribution >= 0.6 is 0 Å². The molecule has 3 aliphatic rings. The van der Waals surface area contributed by atoms with Crippen molar-refractivity contribution in [3.63, 3.8) is 0 Å². The summed E-state index contributed by atoms with van der Waals surface area (Å²) in [5, 5.41) is 35.1. The fourth-order valence-electron chi connectivity index (χ4n) is 8.66. The Kier molecular flexibility index (Phi) is 7.72. The van der Waals surface area contributed by atoms with Crippen molar-refractivity contribution in [1.29, 1.82) is 0 Å². The van der Waals surface area contributed by atoms with Gasteiger partial charge in [0.1, 0.15) is 11.5 Å². The molecule has 3 aliphatic carbocycles. The molecule has 3 N–H and O–H groups in total. The van der Waals surface area contributed by atoms with Crippen LogP contribution in [0.25, 0.3) is 23.0 Å². The van der Waals surface area contributed by atoms with Crippen molar-refractivity contribution in [3.05, 3.63) is 75.9 Å². The first-order chi connectivity index (χ1) is 20.9. The van der Waals surface area contributed by atoms with Crippen molar-refractivity contribution >= 4 is 35.0 Å². The van der Waals surface area contributed by atoms with Crippen LogP contribution in [0.1, 0.15) is 78.5 Å². The zero-order chi connectivity index (χ0) is 33.4. The molecule has 0 aromatic heterocycles. The minimum atomic E-state index is -2.56. The van der Waals surface area contributed by atoms with Crippen LogP contribution in [-0.2, 0) is 25.6 Å². The second-order valence-corrected chi connectivity index (χ2v) is 14.3. The number of carbonyl (C=O) groups is 4. The molecule has 0 bridgehead atoms. The Hall–Kier alpha value is -4.10. The summed E-state index contributed by atoms with van der Waals surface area (Å²) in [6.45, 7) is 14.2. The summed E-state index contributed by atoms with van der Waals surface area (Å²) in [5.74, 6) is -3.68. The first kappa shape index (κ1) is 32.3. The second kappa shape index (κ2) is 10.8. The number of ketones is 4. The van der Waals surface area contributed by atoms with Crippen LogP contribution in [-0.4, -0.2) is 44.1 Å². The molecular weight excluding hydrogens is 568 g/mol. The number of aliphatic hydroxyl groups excluding tert-OH is 1. The molecule has 0 unspecified atom stereocenters. The van der Waals surface area contributed by atoms with E-state index in [1.807, 2.05) is 58.9 Å². The highest BCUT2D eigenvalue weighted by atomic mass is 16.3. The minimum absolute atomic E-state index is 0.0307. The van der Waals surface area contributed by atoms with E-state index in [1.165, 1.54) is 13.0 Å². The third kappa shape index (κ3) is 4.58. The number of rotatable bonds is 6. The Morgan fingerprint density at radius 1 is 0.956 bits per heavy atom. The third-order valence-corrected chi connectivity index (χ3v) is 10.4. The Labute approximate surface area is 264 Å². The van der Waals surface area contributed by atoms with E-state index >= 15 is 0 Å². The molecule has 45 heavy (non-hydrogen) atoms. The molecule has 2 aromatic rings. The van der Waals surface area contributed by atoms with E-state index in [4.69, 9.17) is 0 Å². The Balaban J connectivity index is 1.68. The Morgan fingerprint density at radius 2 is 1.58 bits per heavy atom. The van der Waals surface area contributed by atoms with Gasteiger partial charge in [0.25, 0.3) is 0 Å². The maximum atomic E-state index is 14.5. The van der Waals surface area contributed by atoms with Gasteiger partial charge in [-0.05, 0) is 72.9 Å². The molecule has 0 saturated heterocycles. The fraction of sp³-hybridized carbons (Fsp3) is 0.421. The summed E-state index contributed by atoms with van der Waals surface area (Å²) in [5.41, 5.74) is -1.35. The van der Waals surface area contributed by atoms with E-state index in [9.17, 15) is 34.5 Å². The second-order valence-electron chi connectivity index (χ2n) is 14.3. The summed E-state index contributed by atoms with van der Waals surface area (Å²) in [6.07, 6.45) is 3.77. The van der Waals surface area contributed by atoms with Gasteiger partial charge in [-0.2, -0.15) is 0 Å². The lowest BCUT2D eigenvalue weighted by atomic mass is 9.42. The van der Waals surface area contributed by atoms with E-state index in [-0.39, 0.29) is 52.9 Å². The molecule has 1 fully saturated rings. The molecular formula is C38H42O7. The van der Waals surface area contributed by atoms with Crippen molar-refractivity contribution in [2.45, 2.75) is 73.8 Å². The zero-order valence-electron chi connectivity index (χ0n) is 27.2. The van der Waals surface area contributed by atoms with Gasteiger partial charge in [0.2, 0.25) is 11.6 Å². The molecule has 1 saturated carbocycles. The molecule has 7 heteroatoms. The normalized spacial score (nSPS) is 28.1. The van der Waals surface area contributed by atoms with Gasteiger partial charge in [-0.1, -0.05) is 83.5 Å². The highest BCUT2D eigenvalue weighted by Crippen LogP contribution is 2.65. The number of hydrogen-bond acceptors (Lipinski definition) is 7. The fourth-order valence-corrected chi connectivity index (χ4v) is 8.66. The number of hydrogen-bond donors (Lipinski definition) is 3. The Morgan fingerprint density at radius 3 is 2.13 bits per heavy atom. The highest BCUT2D eigenvalue weighted by molar-refractivity contribution is 6.33. The SMILES string of the molecule is CC(=O)C1=C(C)[C@@H](C(C)C)[C@]2(C)C[C@]3(C)Cc4c(-c5ccc(/C=C/C(=O)C(C)C)cc5)ccc(O)c4C(O)=C3C(=O)[C@]2(O)C1=O. The van der Waals surface area contributed by atoms with E-state index < -0.39 is 45.5 Å². The van der Waals surface area contributed by atoms with Crippen molar-refractivity contribution in [2.75, 3.05) is 0 Å². The predicted octanol–water partition coefficient (Wildman–Crippen LogP) is 6.60. The largest absolute Gasteiger partial charge is 0.507 e. The maximum Gasteiger partial charge on any atom is 0.206 e. The molecule has 0 spiro atoms.